The average molecular weight is 544 g/mol. The fourth-order valence-electron chi connectivity index (χ4n) is 4.81. The summed E-state index contributed by atoms with van der Waals surface area (Å²) in [4.78, 5) is 21.7. The van der Waals surface area contributed by atoms with E-state index >= 15 is 0 Å². The Labute approximate surface area is 220 Å². The molecule has 1 aliphatic rings. The SMILES string of the molecule is Cc1nc(N[C@H](C)c2c(F)cncc2F)nc(NC2C[C@H](CO)[C@@H](O)[C@H]2O)c1-c1nc2c(C)nccc2s1. The molecule has 4 aromatic rings. The Morgan fingerprint density at radius 1 is 1.08 bits per heavy atom. The molecule has 4 heterocycles. The molecule has 0 aromatic carbocycles. The first kappa shape index (κ1) is 26.2. The second-order valence-electron chi connectivity index (χ2n) is 9.41. The molecule has 10 nitrogen and oxygen atoms in total. The lowest BCUT2D eigenvalue weighted by Crippen LogP contribution is -2.35. The molecule has 200 valence electrons. The van der Waals surface area contributed by atoms with E-state index in [1.165, 1.54) is 11.3 Å². The Bertz CT molecular complexity index is 1470. The van der Waals surface area contributed by atoms with E-state index in [2.05, 4.69) is 30.6 Å². The quantitative estimate of drug-likeness (QED) is 0.235. The summed E-state index contributed by atoms with van der Waals surface area (Å²) in [6, 6.07) is 0.420. The number of aryl methyl sites for hydroxylation is 2. The summed E-state index contributed by atoms with van der Waals surface area (Å²) in [5.41, 5.74) is 2.43. The molecule has 5 N–H and O–H groups in total. The summed E-state index contributed by atoms with van der Waals surface area (Å²) in [7, 11) is 0. The fraction of sp³-hybridized carbons (Fsp3) is 0.400. The summed E-state index contributed by atoms with van der Waals surface area (Å²) >= 11 is 1.43. The first-order chi connectivity index (χ1) is 18.2. The molecule has 1 fully saturated rings. The Balaban J connectivity index is 1.57. The van der Waals surface area contributed by atoms with Crippen LogP contribution in [0, 0.1) is 31.4 Å². The van der Waals surface area contributed by atoms with Crippen molar-refractivity contribution in [3.05, 3.63) is 53.2 Å². The molecule has 0 spiro atoms. The average Bonchev–Trinajstić information content (AvgIpc) is 3.41. The van der Waals surface area contributed by atoms with Crippen LogP contribution >= 0.6 is 11.3 Å². The number of aromatic nitrogens is 5. The Morgan fingerprint density at radius 2 is 1.82 bits per heavy atom. The van der Waals surface area contributed by atoms with E-state index < -0.39 is 41.8 Å². The van der Waals surface area contributed by atoms with Crippen LogP contribution in [0.2, 0.25) is 0 Å². The zero-order chi connectivity index (χ0) is 27.1. The van der Waals surface area contributed by atoms with E-state index in [0.29, 0.717) is 28.5 Å². The van der Waals surface area contributed by atoms with Gasteiger partial charge >= 0.3 is 0 Å². The summed E-state index contributed by atoms with van der Waals surface area (Å²) in [6.45, 7) is 4.93. The molecule has 4 aromatic heterocycles. The van der Waals surface area contributed by atoms with Crippen molar-refractivity contribution < 1.29 is 24.1 Å². The molecule has 38 heavy (non-hydrogen) atoms. The lowest BCUT2D eigenvalue weighted by atomic mass is 10.1. The highest BCUT2D eigenvalue weighted by Gasteiger charge is 2.41. The third-order valence-corrected chi connectivity index (χ3v) is 7.86. The smallest absolute Gasteiger partial charge is 0.225 e. The van der Waals surface area contributed by atoms with E-state index in [4.69, 9.17) is 4.98 Å². The van der Waals surface area contributed by atoms with E-state index in [1.54, 1.807) is 20.0 Å². The molecule has 0 aliphatic heterocycles. The standard InChI is InChI=1S/C25H27F2N7O3S/c1-10(18-14(26)7-28-8-15(18)27)30-25-31-11(2)19(24-33-20-12(3)29-5-4-17(20)38-24)23(34-25)32-16-6-13(9-35)21(36)22(16)37/h4-5,7-8,10,13,16,21-22,35-37H,6,9H2,1-3H3,(H2,30,31,32,34)/t10-,13-,16?,21-,22+/m1/s1. The van der Waals surface area contributed by atoms with Gasteiger partial charge in [-0.1, -0.05) is 0 Å². The van der Waals surface area contributed by atoms with Gasteiger partial charge in [-0.2, -0.15) is 4.98 Å². The molecule has 0 saturated heterocycles. The first-order valence-electron chi connectivity index (χ1n) is 12.1. The zero-order valence-electron chi connectivity index (χ0n) is 20.9. The van der Waals surface area contributed by atoms with Crippen LogP contribution in [0.1, 0.15) is 36.3 Å². The summed E-state index contributed by atoms with van der Waals surface area (Å²) < 4.78 is 29.6. The van der Waals surface area contributed by atoms with Crippen LogP contribution in [0.3, 0.4) is 0 Å². The van der Waals surface area contributed by atoms with Gasteiger partial charge in [-0.25, -0.2) is 18.7 Å². The number of anilines is 2. The van der Waals surface area contributed by atoms with Crippen molar-refractivity contribution in [2.24, 2.45) is 5.92 Å². The molecule has 0 radical (unpaired) electrons. The van der Waals surface area contributed by atoms with Crippen molar-refractivity contribution in [1.29, 1.82) is 0 Å². The molecule has 13 heteroatoms. The minimum absolute atomic E-state index is 0.0996. The minimum Gasteiger partial charge on any atom is -0.396 e. The Kier molecular flexibility index (Phi) is 7.18. The second kappa shape index (κ2) is 10.4. The molecule has 1 saturated carbocycles. The molecule has 5 atom stereocenters. The van der Waals surface area contributed by atoms with E-state index in [9.17, 15) is 24.1 Å². The van der Waals surface area contributed by atoms with Gasteiger partial charge in [-0.05, 0) is 33.3 Å². The number of hydrogen-bond acceptors (Lipinski definition) is 11. The lowest BCUT2D eigenvalue weighted by molar-refractivity contribution is 0.00446. The predicted octanol–water partition coefficient (Wildman–Crippen LogP) is 3.13. The van der Waals surface area contributed by atoms with E-state index in [1.807, 2.05) is 13.0 Å². The maximum Gasteiger partial charge on any atom is 0.225 e. The molecule has 0 bridgehead atoms. The number of nitrogens with one attached hydrogen (secondary N) is 2. The first-order valence-corrected chi connectivity index (χ1v) is 12.9. The van der Waals surface area contributed by atoms with Gasteiger partial charge in [-0.15, -0.1) is 11.3 Å². The molecule has 5 rings (SSSR count). The summed E-state index contributed by atoms with van der Waals surface area (Å²) in [5, 5.41) is 37.4. The summed E-state index contributed by atoms with van der Waals surface area (Å²) in [5.74, 6) is -1.67. The third-order valence-electron chi connectivity index (χ3n) is 6.82. The maximum atomic E-state index is 14.3. The van der Waals surface area contributed by atoms with Crippen molar-refractivity contribution in [2.45, 2.75) is 51.5 Å². The Morgan fingerprint density at radius 3 is 2.47 bits per heavy atom. The molecule has 0 amide bonds. The van der Waals surface area contributed by atoms with Crippen LogP contribution in [-0.4, -0.2) is 65.1 Å². The third kappa shape index (κ3) is 4.77. The van der Waals surface area contributed by atoms with Crippen LogP contribution in [0.25, 0.3) is 20.8 Å². The van der Waals surface area contributed by atoms with Crippen LogP contribution in [-0.2, 0) is 0 Å². The lowest BCUT2D eigenvalue weighted by Gasteiger charge is -2.22. The zero-order valence-corrected chi connectivity index (χ0v) is 21.7. The largest absolute Gasteiger partial charge is 0.396 e. The van der Waals surface area contributed by atoms with E-state index in [-0.39, 0.29) is 18.1 Å². The van der Waals surface area contributed by atoms with Crippen LogP contribution in [0.15, 0.2) is 24.7 Å². The second-order valence-corrected chi connectivity index (χ2v) is 10.4. The fourth-order valence-corrected chi connectivity index (χ4v) is 5.92. The number of pyridine rings is 2. The van der Waals surface area contributed by atoms with Gasteiger partial charge in [0.2, 0.25) is 5.95 Å². The van der Waals surface area contributed by atoms with Gasteiger partial charge in [0.1, 0.15) is 34.1 Å². The number of fused-ring (bicyclic) bond motifs is 1. The van der Waals surface area contributed by atoms with Gasteiger partial charge in [0, 0.05) is 24.3 Å². The number of halogens is 2. The van der Waals surface area contributed by atoms with Gasteiger partial charge in [0.15, 0.2) is 0 Å². The number of hydrogen-bond donors (Lipinski definition) is 5. The van der Waals surface area contributed by atoms with Gasteiger partial charge in [0.25, 0.3) is 0 Å². The maximum absolute atomic E-state index is 14.3. The number of aliphatic hydroxyl groups excluding tert-OH is 3. The Hall–Kier alpha value is -3.39. The normalized spacial score (nSPS) is 22.1. The van der Waals surface area contributed by atoms with Gasteiger partial charge in [0.05, 0.1) is 52.2 Å². The van der Waals surface area contributed by atoms with Crippen molar-refractivity contribution in [1.82, 2.24) is 24.9 Å². The highest BCUT2D eigenvalue weighted by molar-refractivity contribution is 7.21. The highest BCUT2D eigenvalue weighted by Crippen LogP contribution is 2.39. The highest BCUT2D eigenvalue weighted by atomic mass is 32.1. The van der Waals surface area contributed by atoms with Gasteiger partial charge < -0.3 is 26.0 Å². The monoisotopic (exact) mass is 543 g/mol. The molecule has 1 aliphatic carbocycles. The van der Waals surface area contributed by atoms with Crippen molar-refractivity contribution >= 4 is 33.3 Å². The van der Waals surface area contributed by atoms with Crippen LogP contribution in [0.4, 0.5) is 20.5 Å². The molecular formula is C25H27F2N7O3S. The van der Waals surface area contributed by atoms with Gasteiger partial charge in [-0.3, -0.25) is 9.97 Å². The van der Waals surface area contributed by atoms with Crippen molar-refractivity contribution in [3.63, 3.8) is 0 Å². The number of nitrogens with zero attached hydrogens (tertiary/aromatic N) is 5. The number of thiazole rings is 1. The van der Waals surface area contributed by atoms with Crippen LogP contribution in [0.5, 0.6) is 0 Å². The topological polar surface area (TPSA) is 149 Å². The minimum atomic E-state index is -1.15. The molecular weight excluding hydrogens is 516 g/mol. The van der Waals surface area contributed by atoms with Crippen LogP contribution < -0.4 is 10.6 Å². The molecule has 1 unspecified atom stereocenters. The number of rotatable bonds is 7. The van der Waals surface area contributed by atoms with Crippen molar-refractivity contribution in [2.75, 3.05) is 17.2 Å². The number of aliphatic hydroxyl groups is 3. The summed E-state index contributed by atoms with van der Waals surface area (Å²) in [6.07, 6.45) is 1.64. The van der Waals surface area contributed by atoms with E-state index in [0.717, 1.165) is 28.3 Å². The predicted molar refractivity (Wildman–Crippen MR) is 139 cm³/mol. The van der Waals surface area contributed by atoms with Crippen molar-refractivity contribution in [3.8, 4) is 10.6 Å².